The Bertz CT molecular complexity index is 1030. The molecule has 1 aliphatic carbocycles. The zero-order valence-electron chi connectivity index (χ0n) is 16.3. The number of nitrogens with zero attached hydrogens (tertiary/aromatic N) is 3. The van der Waals surface area contributed by atoms with Gasteiger partial charge in [-0.3, -0.25) is 9.69 Å². The number of amides is 1. The highest BCUT2D eigenvalue weighted by Gasteiger charge is 2.28. The van der Waals surface area contributed by atoms with Crippen LogP contribution in [-0.2, 0) is 12.8 Å². The monoisotopic (exact) mass is 400 g/mol. The molecule has 0 saturated carbocycles. The Hall–Kier alpha value is -3.00. The Morgan fingerprint density at radius 1 is 1.28 bits per heavy atom. The number of hydrogen-bond donors (Lipinski definition) is 1. The van der Waals surface area contributed by atoms with Crippen LogP contribution in [0.4, 0.5) is 8.78 Å². The molecule has 4 rings (SSSR count). The van der Waals surface area contributed by atoms with Crippen molar-refractivity contribution in [2.75, 3.05) is 20.6 Å². The standard InChI is InChI=1S/C21H22F2N4O2/c1-26(2)18(19-7-4-10-29-19)12-24-21(28)20-14-5-3-6-17(14)27(25-20)13-8-9-15(22)16(23)11-13/h4,7-11,18H,3,5-6,12H2,1-2H3,(H,24,28). The van der Waals surface area contributed by atoms with E-state index in [4.69, 9.17) is 4.42 Å². The second-order valence-electron chi connectivity index (χ2n) is 7.34. The van der Waals surface area contributed by atoms with E-state index in [1.54, 1.807) is 10.9 Å². The largest absolute Gasteiger partial charge is 0.468 e. The van der Waals surface area contributed by atoms with Crippen molar-refractivity contribution in [3.63, 3.8) is 0 Å². The van der Waals surface area contributed by atoms with Crippen LogP contribution in [0.5, 0.6) is 0 Å². The van der Waals surface area contributed by atoms with Crippen LogP contribution < -0.4 is 5.32 Å². The number of halogens is 2. The lowest BCUT2D eigenvalue weighted by Gasteiger charge is -2.22. The molecule has 1 aliphatic rings. The molecule has 1 aromatic carbocycles. The van der Waals surface area contributed by atoms with Gasteiger partial charge in [0, 0.05) is 23.9 Å². The van der Waals surface area contributed by atoms with Gasteiger partial charge in [-0.25, -0.2) is 13.5 Å². The molecule has 2 heterocycles. The summed E-state index contributed by atoms with van der Waals surface area (Å²) in [7, 11) is 3.82. The molecule has 3 aromatic rings. The van der Waals surface area contributed by atoms with E-state index < -0.39 is 11.6 Å². The fourth-order valence-corrected chi connectivity index (χ4v) is 3.74. The fourth-order valence-electron chi connectivity index (χ4n) is 3.74. The molecule has 6 nitrogen and oxygen atoms in total. The van der Waals surface area contributed by atoms with E-state index in [-0.39, 0.29) is 11.9 Å². The number of likely N-dealkylation sites (N-methyl/N-ethyl adjacent to an activating group) is 1. The number of aromatic nitrogens is 2. The Labute approximate surface area is 167 Å². The van der Waals surface area contributed by atoms with Crippen LogP contribution in [0.25, 0.3) is 5.69 Å². The van der Waals surface area contributed by atoms with Crippen molar-refractivity contribution in [2.24, 2.45) is 0 Å². The van der Waals surface area contributed by atoms with E-state index in [9.17, 15) is 13.6 Å². The molecule has 1 unspecified atom stereocenters. The van der Waals surface area contributed by atoms with E-state index in [1.165, 1.54) is 6.07 Å². The molecular formula is C21H22F2N4O2. The molecule has 1 N–H and O–H groups in total. The van der Waals surface area contributed by atoms with Crippen LogP contribution in [0.1, 0.15) is 40.0 Å². The van der Waals surface area contributed by atoms with E-state index in [2.05, 4.69) is 10.4 Å². The Morgan fingerprint density at radius 3 is 2.79 bits per heavy atom. The smallest absolute Gasteiger partial charge is 0.272 e. The molecule has 1 amide bonds. The molecule has 29 heavy (non-hydrogen) atoms. The number of carbonyl (C=O) groups excluding carboxylic acids is 1. The van der Waals surface area contributed by atoms with Gasteiger partial charge in [0.2, 0.25) is 0 Å². The molecule has 0 spiro atoms. The average molecular weight is 400 g/mol. The lowest BCUT2D eigenvalue weighted by molar-refractivity contribution is 0.0932. The normalized spacial score (nSPS) is 14.2. The molecule has 152 valence electrons. The molecule has 0 saturated heterocycles. The summed E-state index contributed by atoms with van der Waals surface area (Å²) in [5, 5.41) is 7.37. The minimum atomic E-state index is -0.942. The predicted molar refractivity (Wildman–Crippen MR) is 103 cm³/mol. The predicted octanol–water partition coefficient (Wildman–Crippen LogP) is 3.26. The van der Waals surface area contributed by atoms with Crippen molar-refractivity contribution in [3.8, 4) is 5.69 Å². The Balaban J connectivity index is 1.58. The zero-order valence-corrected chi connectivity index (χ0v) is 16.3. The number of benzene rings is 1. The van der Waals surface area contributed by atoms with Crippen LogP contribution in [0.15, 0.2) is 41.0 Å². The first-order chi connectivity index (χ1) is 14.0. The van der Waals surface area contributed by atoms with Gasteiger partial charge in [-0.05, 0) is 57.6 Å². The topological polar surface area (TPSA) is 63.3 Å². The van der Waals surface area contributed by atoms with Gasteiger partial charge in [0.15, 0.2) is 17.3 Å². The summed E-state index contributed by atoms with van der Waals surface area (Å²) in [4.78, 5) is 14.9. The van der Waals surface area contributed by atoms with Crippen molar-refractivity contribution >= 4 is 5.91 Å². The zero-order chi connectivity index (χ0) is 20.5. The third kappa shape index (κ3) is 3.67. The van der Waals surface area contributed by atoms with Crippen LogP contribution in [-0.4, -0.2) is 41.2 Å². The molecule has 1 atom stereocenters. The first-order valence-corrected chi connectivity index (χ1v) is 9.50. The second kappa shape index (κ2) is 7.79. The molecule has 2 aromatic heterocycles. The van der Waals surface area contributed by atoms with Gasteiger partial charge in [0.25, 0.3) is 5.91 Å². The maximum absolute atomic E-state index is 13.7. The number of furan rings is 1. The first kappa shape index (κ1) is 19.3. The van der Waals surface area contributed by atoms with Gasteiger partial charge in [-0.1, -0.05) is 0 Å². The number of carbonyl (C=O) groups is 1. The van der Waals surface area contributed by atoms with E-state index >= 15 is 0 Å². The summed E-state index contributed by atoms with van der Waals surface area (Å²) in [5.41, 5.74) is 2.48. The summed E-state index contributed by atoms with van der Waals surface area (Å²) in [5.74, 6) is -1.39. The van der Waals surface area contributed by atoms with Gasteiger partial charge in [-0.15, -0.1) is 0 Å². The van der Waals surface area contributed by atoms with Crippen LogP contribution in [0.3, 0.4) is 0 Å². The number of fused-ring (bicyclic) bond motifs is 1. The molecule has 0 aliphatic heterocycles. The number of nitrogens with one attached hydrogen (secondary N) is 1. The summed E-state index contributed by atoms with van der Waals surface area (Å²) in [6, 6.07) is 7.19. The Morgan fingerprint density at radius 2 is 2.10 bits per heavy atom. The van der Waals surface area contributed by atoms with Crippen molar-refractivity contribution in [1.29, 1.82) is 0 Å². The lowest BCUT2D eigenvalue weighted by Crippen LogP contribution is -2.35. The van der Waals surface area contributed by atoms with E-state index in [0.29, 0.717) is 17.9 Å². The van der Waals surface area contributed by atoms with Gasteiger partial charge >= 0.3 is 0 Å². The maximum Gasteiger partial charge on any atom is 0.272 e. The highest BCUT2D eigenvalue weighted by atomic mass is 19.2. The SMILES string of the molecule is CN(C)C(CNC(=O)c1nn(-c2ccc(F)c(F)c2)c2c1CCC2)c1ccco1. The van der Waals surface area contributed by atoms with E-state index in [1.807, 2.05) is 31.1 Å². The third-order valence-corrected chi connectivity index (χ3v) is 5.24. The fraction of sp³-hybridized carbons (Fsp3) is 0.333. The van der Waals surface area contributed by atoms with Crippen LogP contribution in [0.2, 0.25) is 0 Å². The van der Waals surface area contributed by atoms with Crippen molar-refractivity contribution in [3.05, 3.63) is 70.9 Å². The molecule has 8 heteroatoms. The third-order valence-electron chi connectivity index (χ3n) is 5.24. The van der Waals surface area contributed by atoms with Crippen molar-refractivity contribution in [2.45, 2.75) is 25.3 Å². The van der Waals surface area contributed by atoms with E-state index in [0.717, 1.165) is 48.4 Å². The molecule has 0 radical (unpaired) electrons. The van der Waals surface area contributed by atoms with Gasteiger partial charge in [0.05, 0.1) is 18.0 Å². The Kier molecular flexibility index (Phi) is 5.19. The summed E-state index contributed by atoms with van der Waals surface area (Å²) < 4.78 is 34.0. The minimum absolute atomic E-state index is 0.115. The van der Waals surface area contributed by atoms with Crippen LogP contribution >= 0.6 is 0 Å². The number of hydrogen-bond acceptors (Lipinski definition) is 4. The van der Waals surface area contributed by atoms with Crippen molar-refractivity contribution in [1.82, 2.24) is 20.0 Å². The van der Waals surface area contributed by atoms with Gasteiger partial charge < -0.3 is 9.73 Å². The molecule has 0 fully saturated rings. The number of rotatable bonds is 6. The summed E-state index contributed by atoms with van der Waals surface area (Å²) in [6.07, 6.45) is 3.96. The first-order valence-electron chi connectivity index (χ1n) is 9.50. The minimum Gasteiger partial charge on any atom is -0.468 e. The molecule has 0 bridgehead atoms. The molecular weight excluding hydrogens is 378 g/mol. The van der Waals surface area contributed by atoms with Gasteiger partial charge in [-0.2, -0.15) is 5.10 Å². The van der Waals surface area contributed by atoms with Crippen LogP contribution in [0, 0.1) is 11.6 Å². The summed E-state index contributed by atoms with van der Waals surface area (Å²) >= 11 is 0. The summed E-state index contributed by atoms with van der Waals surface area (Å²) in [6.45, 7) is 0.353. The highest BCUT2D eigenvalue weighted by Crippen LogP contribution is 2.28. The second-order valence-corrected chi connectivity index (χ2v) is 7.34. The highest BCUT2D eigenvalue weighted by molar-refractivity contribution is 5.94. The lowest BCUT2D eigenvalue weighted by atomic mass is 10.1. The van der Waals surface area contributed by atoms with Gasteiger partial charge in [0.1, 0.15) is 5.76 Å². The maximum atomic E-state index is 13.7. The average Bonchev–Trinajstić information content (AvgIpc) is 3.41. The van der Waals surface area contributed by atoms with Crippen molar-refractivity contribution < 1.29 is 18.0 Å². The quantitative estimate of drug-likeness (QED) is 0.690.